The zero-order chi connectivity index (χ0) is 12.1. The van der Waals surface area contributed by atoms with E-state index in [9.17, 15) is 4.79 Å². The van der Waals surface area contributed by atoms with Gasteiger partial charge in [0.2, 0.25) is 11.0 Å². The van der Waals surface area contributed by atoms with E-state index in [1.807, 2.05) is 31.5 Å². The standard InChI is InChI=1S/C11H14N4OS/c1-9-13-14-11(17-9)12-10(16)5-4-8-15-6-2-3-7-15/h2-3,6-7H,4-5,8H2,1H3,(H,12,14,16). The second kappa shape index (κ2) is 5.58. The maximum atomic E-state index is 11.6. The molecule has 0 aromatic carbocycles. The van der Waals surface area contributed by atoms with E-state index in [0.717, 1.165) is 18.0 Å². The molecule has 2 aromatic rings. The van der Waals surface area contributed by atoms with Crippen LogP contribution in [0.3, 0.4) is 0 Å². The van der Waals surface area contributed by atoms with Crippen LogP contribution in [-0.2, 0) is 11.3 Å². The predicted molar refractivity (Wildman–Crippen MR) is 66.9 cm³/mol. The minimum Gasteiger partial charge on any atom is -0.354 e. The van der Waals surface area contributed by atoms with E-state index in [1.54, 1.807) is 0 Å². The van der Waals surface area contributed by atoms with Crippen LogP contribution in [-0.4, -0.2) is 20.7 Å². The van der Waals surface area contributed by atoms with Crippen LogP contribution in [0.1, 0.15) is 17.8 Å². The Morgan fingerprint density at radius 1 is 1.41 bits per heavy atom. The monoisotopic (exact) mass is 250 g/mol. The summed E-state index contributed by atoms with van der Waals surface area (Å²) in [6.07, 6.45) is 5.30. The van der Waals surface area contributed by atoms with Crippen LogP contribution in [0.15, 0.2) is 24.5 Å². The van der Waals surface area contributed by atoms with Crippen LogP contribution in [0.2, 0.25) is 0 Å². The molecule has 17 heavy (non-hydrogen) atoms. The Labute approximate surface area is 103 Å². The summed E-state index contributed by atoms with van der Waals surface area (Å²) in [5, 5.41) is 11.9. The van der Waals surface area contributed by atoms with Crippen LogP contribution in [0.5, 0.6) is 0 Å². The van der Waals surface area contributed by atoms with Gasteiger partial charge in [-0.3, -0.25) is 4.79 Å². The highest BCUT2D eigenvalue weighted by Gasteiger charge is 2.05. The summed E-state index contributed by atoms with van der Waals surface area (Å²) in [5.41, 5.74) is 0. The molecule has 0 spiro atoms. The normalized spacial score (nSPS) is 10.4. The highest BCUT2D eigenvalue weighted by molar-refractivity contribution is 7.15. The lowest BCUT2D eigenvalue weighted by Gasteiger charge is -2.02. The molecular weight excluding hydrogens is 236 g/mol. The Hall–Kier alpha value is -1.69. The molecular formula is C11H14N4OS. The van der Waals surface area contributed by atoms with Crippen LogP contribution in [0, 0.1) is 6.92 Å². The fraction of sp³-hybridized carbons (Fsp3) is 0.364. The van der Waals surface area contributed by atoms with Crippen molar-refractivity contribution in [2.75, 3.05) is 5.32 Å². The first-order chi connectivity index (χ1) is 8.24. The van der Waals surface area contributed by atoms with Gasteiger partial charge in [-0.25, -0.2) is 0 Å². The topological polar surface area (TPSA) is 59.8 Å². The Bertz CT molecular complexity index is 477. The lowest BCUT2D eigenvalue weighted by atomic mass is 10.3. The van der Waals surface area contributed by atoms with Crippen LogP contribution >= 0.6 is 11.3 Å². The number of nitrogens with one attached hydrogen (secondary N) is 1. The zero-order valence-corrected chi connectivity index (χ0v) is 10.4. The third kappa shape index (κ3) is 3.67. The van der Waals surface area contributed by atoms with E-state index in [1.165, 1.54) is 11.3 Å². The Kier molecular flexibility index (Phi) is 3.87. The van der Waals surface area contributed by atoms with Gasteiger partial charge in [-0.05, 0) is 25.5 Å². The number of anilines is 1. The van der Waals surface area contributed by atoms with Gasteiger partial charge in [0, 0.05) is 25.4 Å². The molecule has 0 saturated carbocycles. The molecule has 6 heteroatoms. The maximum Gasteiger partial charge on any atom is 0.226 e. The number of rotatable bonds is 5. The number of aryl methyl sites for hydroxylation is 2. The number of aromatic nitrogens is 3. The van der Waals surface area contributed by atoms with Crippen LogP contribution < -0.4 is 5.32 Å². The zero-order valence-electron chi connectivity index (χ0n) is 9.59. The molecule has 0 radical (unpaired) electrons. The largest absolute Gasteiger partial charge is 0.354 e. The molecule has 0 saturated heterocycles. The fourth-order valence-electron chi connectivity index (χ4n) is 1.47. The average Bonchev–Trinajstić information content (AvgIpc) is 2.90. The van der Waals surface area contributed by atoms with Gasteiger partial charge < -0.3 is 9.88 Å². The predicted octanol–water partition coefficient (Wildman–Crippen LogP) is 2.07. The van der Waals surface area contributed by atoms with Crippen molar-refractivity contribution in [2.24, 2.45) is 0 Å². The number of nitrogens with zero attached hydrogens (tertiary/aromatic N) is 3. The summed E-state index contributed by atoms with van der Waals surface area (Å²) in [6, 6.07) is 3.95. The van der Waals surface area contributed by atoms with Crippen LogP contribution in [0.25, 0.3) is 0 Å². The van der Waals surface area contributed by atoms with E-state index in [-0.39, 0.29) is 5.91 Å². The molecule has 1 amide bonds. The molecule has 0 atom stereocenters. The maximum absolute atomic E-state index is 11.6. The lowest BCUT2D eigenvalue weighted by Crippen LogP contribution is -2.12. The highest BCUT2D eigenvalue weighted by Crippen LogP contribution is 2.13. The average molecular weight is 250 g/mol. The summed E-state index contributed by atoms with van der Waals surface area (Å²) >= 11 is 1.39. The van der Waals surface area contributed by atoms with Crippen molar-refractivity contribution in [2.45, 2.75) is 26.3 Å². The van der Waals surface area contributed by atoms with E-state index in [2.05, 4.69) is 20.1 Å². The fourth-order valence-corrected chi connectivity index (χ4v) is 2.08. The van der Waals surface area contributed by atoms with Crippen LogP contribution in [0.4, 0.5) is 5.13 Å². The second-order valence-corrected chi connectivity index (χ2v) is 4.88. The van der Waals surface area contributed by atoms with Gasteiger partial charge >= 0.3 is 0 Å². The minimum atomic E-state index is -0.00620. The van der Waals surface area contributed by atoms with Crippen molar-refractivity contribution < 1.29 is 4.79 Å². The third-order valence-corrected chi connectivity index (χ3v) is 3.01. The van der Waals surface area contributed by atoms with E-state index in [4.69, 9.17) is 0 Å². The van der Waals surface area contributed by atoms with Gasteiger partial charge in [-0.1, -0.05) is 11.3 Å². The molecule has 2 aromatic heterocycles. The molecule has 0 bridgehead atoms. The summed E-state index contributed by atoms with van der Waals surface area (Å²) < 4.78 is 2.06. The van der Waals surface area contributed by atoms with E-state index < -0.39 is 0 Å². The number of carbonyl (C=O) groups excluding carboxylic acids is 1. The molecule has 2 rings (SSSR count). The van der Waals surface area contributed by atoms with E-state index >= 15 is 0 Å². The number of hydrogen-bond donors (Lipinski definition) is 1. The third-order valence-electron chi connectivity index (χ3n) is 2.26. The smallest absolute Gasteiger partial charge is 0.226 e. The first-order valence-corrected chi connectivity index (χ1v) is 6.26. The molecule has 0 aliphatic carbocycles. The van der Waals surface area contributed by atoms with Crippen molar-refractivity contribution in [3.05, 3.63) is 29.5 Å². The van der Waals surface area contributed by atoms with Crippen molar-refractivity contribution in [3.63, 3.8) is 0 Å². The second-order valence-electron chi connectivity index (χ2n) is 3.70. The first-order valence-electron chi connectivity index (χ1n) is 5.45. The quantitative estimate of drug-likeness (QED) is 0.883. The van der Waals surface area contributed by atoms with Crippen molar-refractivity contribution in [1.29, 1.82) is 0 Å². The van der Waals surface area contributed by atoms with Gasteiger partial charge in [-0.15, -0.1) is 10.2 Å². The molecule has 1 N–H and O–H groups in total. The van der Waals surface area contributed by atoms with Crippen molar-refractivity contribution in [1.82, 2.24) is 14.8 Å². The SMILES string of the molecule is Cc1nnc(NC(=O)CCCn2cccc2)s1. The van der Waals surface area contributed by atoms with Crippen molar-refractivity contribution in [3.8, 4) is 0 Å². The molecule has 0 aliphatic rings. The number of amides is 1. The Morgan fingerprint density at radius 2 is 2.18 bits per heavy atom. The summed E-state index contributed by atoms with van der Waals surface area (Å²) in [7, 11) is 0. The highest BCUT2D eigenvalue weighted by atomic mass is 32.1. The van der Waals surface area contributed by atoms with Gasteiger partial charge in [0.25, 0.3) is 0 Å². The number of hydrogen-bond acceptors (Lipinski definition) is 4. The molecule has 0 fully saturated rings. The van der Waals surface area contributed by atoms with E-state index in [0.29, 0.717) is 11.6 Å². The van der Waals surface area contributed by atoms with Gasteiger partial charge in [-0.2, -0.15) is 0 Å². The minimum absolute atomic E-state index is 0.00620. The van der Waals surface area contributed by atoms with Gasteiger partial charge in [0.1, 0.15) is 5.01 Å². The van der Waals surface area contributed by atoms with Crippen molar-refractivity contribution >= 4 is 22.4 Å². The molecule has 5 nitrogen and oxygen atoms in total. The summed E-state index contributed by atoms with van der Waals surface area (Å²) in [5.74, 6) is -0.00620. The lowest BCUT2D eigenvalue weighted by molar-refractivity contribution is -0.116. The van der Waals surface area contributed by atoms with Gasteiger partial charge in [0.15, 0.2) is 0 Å². The Balaban J connectivity index is 1.71. The molecule has 2 heterocycles. The molecule has 0 unspecified atom stereocenters. The molecule has 0 aliphatic heterocycles. The summed E-state index contributed by atoms with van der Waals surface area (Å²) in [6.45, 7) is 2.72. The first kappa shape index (κ1) is 11.8. The molecule has 90 valence electrons. The summed E-state index contributed by atoms with van der Waals surface area (Å²) in [4.78, 5) is 11.6. The van der Waals surface area contributed by atoms with Gasteiger partial charge in [0.05, 0.1) is 0 Å². The Morgan fingerprint density at radius 3 is 2.82 bits per heavy atom. The number of carbonyl (C=O) groups is 1.